The summed E-state index contributed by atoms with van der Waals surface area (Å²) in [6.07, 6.45) is 0. The van der Waals surface area contributed by atoms with Gasteiger partial charge in [-0.25, -0.2) is 0 Å². The van der Waals surface area contributed by atoms with Gasteiger partial charge in [0, 0.05) is 23.9 Å². The quantitative estimate of drug-likeness (QED) is 0.722. The fourth-order valence-corrected chi connectivity index (χ4v) is 2.16. The highest BCUT2D eigenvalue weighted by molar-refractivity contribution is 5.85. The molecule has 0 rings (SSSR count). The SMILES string of the molecule is CC(C)NC(C)C(=O)C(C)C.CC(C)NC(C)C(=O)C(C)C. The summed E-state index contributed by atoms with van der Waals surface area (Å²) in [7, 11) is 0. The first kappa shape index (κ1) is 23.5. The normalized spacial score (nSPS) is 14.1. The number of hydrogen-bond acceptors (Lipinski definition) is 4. The number of rotatable bonds is 8. The minimum absolute atomic E-state index is 0.00463. The molecule has 4 nitrogen and oxygen atoms in total. The van der Waals surface area contributed by atoms with E-state index in [1.165, 1.54) is 0 Å². The van der Waals surface area contributed by atoms with Crippen LogP contribution in [0.25, 0.3) is 0 Å². The van der Waals surface area contributed by atoms with Gasteiger partial charge in [-0.3, -0.25) is 9.59 Å². The Balaban J connectivity index is 0. The minimum Gasteiger partial charge on any atom is -0.305 e. The van der Waals surface area contributed by atoms with Gasteiger partial charge in [0.15, 0.2) is 11.6 Å². The van der Waals surface area contributed by atoms with Crippen LogP contribution in [0.4, 0.5) is 0 Å². The molecule has 2 N–H and O–H groups in total. The Morgan fingerprint density at radius 1 is 0.545 bits per heavy atom. The van der Waals surface area contributed by atoms with Gasteiger partial charge in [0.2, 0.25) is 0 Å². The van der Waals surface area contributed by atoms with Crippen LogP contribution in [-0.4, -0.2) is 35.7 Å². The molecule has 0 radical (unpaired) electrons. The first-order chi connectivity index (χ1) is 9.89. The third-order valence-electron chi connectivity index (χ3n) is 3.16. The van der Waals surface area contributed by atoms with Crippen molar-refractivity contribution in [3.8, 4) is 0 Å². The van der Waals surface area contributed by atoms with Crippen molar-refractivity contribution >= 4 is 11.6 Å². The molecule has 0 amide bonds. The summed E-state index contributed by atoms with van der Waals surface area (Å²) in [6, 6.07) is 0.755. The molecule has 2 atom stereocenters. The zero-order valence-electron chi connectivity index (χ0n) is 16.3. The monoisotopic (exact) mass is 314 g/mol. The highest BCUT2D eigenvalue weighted by Crippen LogP contribution is 2.00. The topological polar surface area (TPSA) is 58.2 Å². The second kappa shape index (κ2) is 11.8. The van der Waals surface area contributed by atoms with Gasteiger partial charge >= 0.3 is 0 Å². The summed E-state index contributed by atoms with van der Waals surface area (Å²) in [4.78, 5) is 22.6. The molecule has 0 saturated heterocycles. The molecule has 4 heteroatoms. The van der Waals surface area contributed by atoms with Crippen LogP contribution in [0.2, 0.25) is 0 Å². The second-order valence-corrected chi connectivity index (χ2v) is 7.20. The zero-order chi connectivity index (χ0) is 18.0. The Hall–Kier alpha value is -0.740. The maximum atomic E-state index is 11.3. The Morgan fingerprint density at radius 3 is 0.909 bits per heavy atom. The molecule has 0 saturated carbocycles. The molecule has 0 aromatic carbocycles. The van der Waals surface area contributed by atoms with E-state index in [9.17, 15) is 9.59 Å². The molecular weight excluding hydrogens is 276 g/mol. The van der Waals surface area contributed by atoms with Crippen molar-refractivity contribution in [2.45, 2.75) is 93.4 Å². The maximum absolute atomic E-state index is 11.3. The van der Waals surface area contributed by atoms with Crippen molar-refractivity contribution in [1.82, 2.24) is 10.6 Å². The standard InChI is InChI=1S/2C9H19NO/c2*1-6(2)9(11)8(5)10-7(3)4/h2*6-8,10H,1-5H3. The van der Waals surface area contributed by atoms with Crippen molar-refractivity contribution < 1.29 is 9.59 Å². The number of nitrogens with one attached hydrogen (secondary N) is 2. The molecule has 0 aromatic rings. The molecule has 0 bridgehead atoms. The van der Waals surface area contributed by atoms with Crippen molar-refractivity contribution in [2.75, 3.05) is 0 Å². The molecule has 132 valence electrons. The predicted molar refractivity (Wildman–Crippen MR) is 95.2 cm³/mol. The molecule has 0 aliphatic rings. The van der Waals surface area contributed by atoms with Crippen LogP contribution in [-0.2, 0) is 9.59 Å². The predicted octanol–water partition coefficient (Wildman–Crippen LogP) is 3.20. The summed E-state index contributed by atoms with van der Waals surface area (Å²) < 4.78 is 0. The minimum atomic E-state index is -0.00463. The fraction of sp³-hybridized carbons (Fsp3) is 0.889. The lowest BCUT2D eigenvalue weighted by atomic mass is 10.0. The maximum Gasteiger partial charge on any atom is 0.151 e. The van der Waals surface area contributed by atoms with Crippen molar-refractivity contribution in [3.63, 3.8) is 0 Å². The van der Waals surface area contributed by atoms with E-state index in [4.69, 9.17) is 0 Å². The van der Waals surface area contributed by atoms with Gasteiger partial charge in [0.05, 0.1) is 12.1 Å². The number of ketones is 2. The molecule has 0 fully saturated rings. The molecule has 0 heterocycles. The molecule has 0 aromatic heterocycles. The van der Waals surface area contributed by atoms with E-state index in [1.807, 2.05) is 69.2 Å². The van der Waals surface area contributed by atoms with Crippen molar-refractivity contribution in [1.29, 1.82) is 0 Å². The van der Waals surface area contributed by atoms with Gasteiger partial charge in [0.1, 0.15) is 0 Å². The van der Waals surface area contributed by atoms with E-state index >= 15 is 0 Å². The molecular formula is C18H38N2O2. The van der Waals surface area contributed by atoms with Crippen LogP contribution in [0.5, 0.6) is 0 Å². The zero-order valence-corrected chi connectivity index (χ0v) is 16.3. The van der Waals surface area contributed by atoms with Crippen molar-refractivity contribution in [2.24, 2.45) is 11.8 Å². The van der Waals surface area contributed by atoms with Crippen LogP contribution < -0.4 is 10.6 Å². The third-order valence-corrected chi connectivity index (χ3v) is 3.16. The van der Waals surface area contributed by atoms with Gasteiger partial charge < -0.3 is 10.6 Å². The summed E-state index contributed by atoms with van der Waals surface area (Å²) in [6.45, 7) is 19.7. The van der Waals surface area contributed by atoms with Gasteiger partial charge in [-0.15, -0.1) is 0 Å². The van der Waals surface area contributed by atoms with E-state index in [1.54, 1.807) is 0 Å². The largest absolute Gasteiger partial charge is 0.305 e. The van der Waals surface area contributed by atoms with E-state index in [0.29, 0.717) is 23.7 Å². The fourth-order valence-electron chi connectivity index (χ4n) is 2.16. The van der Waals surface area contributed by atoms with Gasteiger partial charge in [0.25, 0.3) is 0 Å². The van der Waals surface area contributed by atoms with Crippen LogP contribution in [0.15, 0.2) is 0 Å². The molecule has 0 aliphatic carbocycles. The van der Waals surface area contributed by atoms with E-state index < -0.39 is 0 Å². The molecule has 2 unspecified atom stereocenters. The number of hydrogen-bond donors (Lipinski definition) is 2. The summed E-state index contributed by atoms with van der Waals surface area (Å²) in [5.74, 6) is 0.852. The number of carbonyl (C=O) groups is 2. The smallest absolute Gasteiger partial charge is 0.151 e. The van der Waals surface area contributed by atoms with Gasteiger partial charge in [-0.2, -0.15) is 0 Å². The van der Waals surface area contributed by atoms with E-state index in [-0.39, 0.29) is 23.9 Å². The first-order valence-corrected chi connectivity index (χ1v) is 8.49. The van der Waals surface area contributed by atoms with Crippen LogP contribution in [0, 0.1) is 11.8 Å². The van der Waals surface area contributed by atoms with E-state index in [0.717, 1.165) is 0 Å². The molecule has 0 aliphatic heterocycles. The average molecular weight is 315 g/mol. The van der Waals surface area contributed by atoms with Gasteiger partial charge in [-0.1, -0.05) is 55.4 Å². The Bertz CT molecular complexity index is 291. The number of carbonyl (C=O) groups excluding carboxylic acids is 2. The summed E-state index contributed by atoms with van der Waals surface area (Å²) in [5.41, 5.74) is 0. The Labute approximate surface area is 137 Å². The average Bonchev–Trinajstić information content (AvgIpc) is 2.35. The summed E-state index contributed by atoms with van der Waals surface area (Å²) >= 11 is 0. The lowest BCUT2D eigenvalue weighted by Gasteiger charge is -2.17. The van der Waals surface area contributed by atoms with Crippen LogP contribution in [0.1, 0.15) is 69.2 Å². The molecule has 0 spiro atoms. The Morgan fingerprint density at radius 2 is 0.773 bits per heavy atom. The number of Topliss-reactive ketones (excluding diaryl/α,β-unsaturated/α-hetero) is 2. The highest BCUT2D eigenvalue weighted by atomic mass is 16.1. The van der Waals surface area contributed by atoms with E-state index in [2.05, 4.69) is 10.6 Å². The van der Waals surface area contributed by atoms with Crippen molar-refractivity contribution in [3.05, 3.63) is 0 Å². The summed E-state index contributed by atoms with van der Waals surface area (Å²) in [5, 5.41) is 6.35. The lowest BCUT2D eigenvalue weighted by Crippen LogP contribution is -2.40. The third kappa shape index (κ3) is 11.9. The first-order valence-electron chi connectivity index (χ1n) is 8.49. The second-order valence-electron chi connectivity index (χ2n) is 7.20. The Kier molecular flexibility index (Phi) is 12.6. The highest BCUT2D eigenvalue weighted by Gasteiger charge is 2.16. The van der Waals surface area contributed by atoms with Crippen LogP contribution >= 0.6 is 0 Å². The van der Waals surface area contributed by atoms with Crippen LogP contribution in [0.3, 0.4) is 0 Å². The van der Waals surface area contributed by atoms with Gasteiger partial charge in [-0.05, 0) is 13.8 Å². The molecule has 22 heavy (non-hydrogen) atoms. The lowest BCUT2D eigenvalue weighted by molar-refractivity contribution is -0.124.